The maximum absolute atomic E-state index is 12.7. The van der Waals surface area contributed by atoms with E-state index in [4.69, 9.17) is 4.74 Å². The molecule has 30 heavy (non-hydrogen) atoms. The van der Waals surface area contributed by atoms with E-state index in [9.17, 15) is 18.0 Å². The molecular weight excluding hydrogens is 419 g/mol. The molecule has 0 bridgehead atoms. The summed E-state index contributed by atoms with van der Waals surface area (Å²) in [6.07, 6.45) is -4.43. The largest absolute Gasteiger partial charge is 0.492 e. The van der Waals surface area contributed by atoms with Crippen LogP contribution in [0.15, 0.2) is 53.7 Å². The van der Waals surface area contributed by atoms with Gasteiger partial charge >= 0.3 is 6.18 Å². The van der Waals surface area contributed by atoms with Gasteiger partial charge in [-0.3, -0.25) is 4.79 Å². The monoisotopic (exact) mass is 437 g/mol. The van der Waals surface area contributed by atoms with E-state index in [1.54, 1.807) is 19.1 Å². The average Bonchev–Trinajstić information content (AvgIpc) is 3.16. The summed E-state index contributed by atoms with van der Waals surface area (Å²) in [6.45, 7) is 3.98. The molecule has 0 aliphatic heterocycles. The fourth-order valence-electron chi connectivity index (χ4n) is 2.51. The first-order chi connectivity index (χ1) is 14.3. The normalized spacial score (nSPS) is 12.4. The molecule has 0 saturated heterocycles. The minimum Gasteiger partial charge on any atom is -0.492 e. The van der Waals surface area contributed by atoms with E-state index in [1.807, 2.05) is 19.1 Å². The van der Waals surface area contributed by atoms with Crippen LogP contribution in [0.25, 0.3) is 5.69 Å². The predicted molar refractivity (Wildman–Crippen MR) is 106 cm³/mol. The number of carbonyl (C=O) groups is 1. The number of tetrazole rings is 1. The number of halogens is 3. The van der Waals surface area contributed by atoms with E-state index in [1.165, 1.54) is 16.8 Å². The van der Waals surface area contributed by atoms with Crippen molar-refractivity contribution < 1.29 is 22.7 Å². The number of nitrogens with zero attached hydrogens (tertiary/aromatic N) is 4. The van der Waals surface area contributed by atoms with Crippen molar-refractivity contribution in [3.05, 3.63) is 54.1 Å². The van der Waals surface area contributed by atoms with Crippen LogP contribution in [-0.4, -0.2) is 38.0 Å². The number of thioether (sulfide) groups is 1. The molecular formula is C19H18F3N5O2S. The Bertz CT molecular complexity index is 1010. The lowest BCUT2D eigenvalue weighted by Gasteiger charge is -2.14. The smallest absolute Gasteiger partial charge is 0.416 e. The van der Waals surface area contributed by atoms with Crippen molar-refractivity contribution in [1.82, 2.24) is 20.2 Å². The number of aromatic nitrogens is 4. The molecule has 0 fully saturated rings. The second-order valence-electron chi connectivity index (χ2n) is 6.10. The van der Waals surface area contributed by atoms with Crippen LogP contribution in [0.3, 0.4) is 0 Å². The fourth-order valence-corrected chi connectivity index (χ4v) is 3.31. The van der Waals surface area contributed by atoms with Crippen LogP contribution >= 0.6 is 11.8 Å². The number of para-hydroxylation sites is 2. The number of alkyl halides is 3. The molecule has 1 heterocycles. The zero-order chi connectivity index (χ0) is 21.7. The SMILES string of the molecule is CCOc1ccccc1-n1nnnc1SC(C)C(=O)Nc1ccc(C(F)(F)F)cc1. The third-order valence-electron chi connectivity index (χ3n) is 3.97. The Hall–Kier alpha value is -3.08. The Balaban J connectivity index is 1.71. The van der Waals surface area contributed by atoms with Gasteiger partial charge < -0.3 is 10.1 Å². The van der Waals surface area contributed by atoms with Gasteiger partial charge in [-0.15, -0.1) is 5.10 Å². The molecule has 0 spiro atoms. The number of amides is 1. The van der Waals surface area contributed by atoms with Crippen molar-refractivity contribution in [3.63, 3.8) is 0 Å². The lowest BCUT2D eigenvalue weighted by atomic mass is 10.2. The summed E-state index contributed by atoms with van der Waals surface area (Å²) in [6, 6.07) is 11.5. The van der Waals surface area contributed by atoms with Crippen LogP contribution in [0.1, 0.15) is 19.4 Å². The van der Waals surface area contributed by atoms with Crippen molar-refractivity contribution in [2.24, 2.45) is 0 Å². The summed E-state index contributed by atoms with van der Waals surface area (Å²) >= 11 is 1.11. The standard InChI is InChI=1S/C19H18F3N5O2S/c1-3-29-16-7-5-4-6-15(16)27-18(24-25-26-27)30-12(2)17(28)23-14-10-8-13(9-11-14)19(20,21)22/h4-12H,3H2,1-2H3,(H,23,28). The molecule has 3 aromatic rings. The van der Waals surface area contributed by atoms with E-state index in [2.05, 4.69) is 20.8 Å². The second-order valence-corrected chi connectivity index (χ2v) is 7.41. The molecule has 1 atom stereocenters. The van der Waals surface area contributed by atoms with E-state index >= 15 is 0 Å². The molecule has 0 aliphatic rings. The van der Waals surface area contributed by atoms with Gasteiger partial charge in [0.15, 0.2) is 0 Å². The number of carbonyl (C=O) groups excluding carboxylic acids is 1. The number of benzene rings is 2. The number of hydrogen-bond acceptors (Lipinski definition) is 6. The van der Waals surface area contributed by atoms with Gasteiger partial charge in [-0.25, -0.2) is 0 Å². The van der Waals surface area contributed by atoms with Crippen LogP contribution in [0.5, 0.6) is 5.75 Å². The molecule has 0 saturated carbocycles. The van der Waals surface area contributed by atoms with E-state index in [-0.39, 0.29) is 5.69 Å². The van der Waals surface area contributed by atoms with Gasteiger partial charge in [-0.2, -0.15) is 17.9 Å². The summed E-state index contributed by atoms with van der Waals surface area (Å²) in [7, 11) is 0. The third-order valence-corrected chi connectivity index (χ3v) is 5.00. The summed E-state index contributed by atoms with van der Waals surface area (Å²) in [5, 5.41) is 14.0. The number of anilines is 1. The Kier molecular flexibility index (Phi) is 6.60. The van der Waals surface area contributed by atoms with Gasteiger partial charge in [0, 0.05) is 5.69 Å². The minimum absolute atomic E-state index is 0.265. The van der Waals surface area contributed by atoms with Gasteiger partial charge in [0.2, 0.25) is 11.1 Å². The van der Waals surface area contributed by atoms with E-state index in [0.717, 1.165) is 23.9 Å². The first-order valence-electron chi connectivity index (χ1n) is 8.95. The Labute approximate surface area is 174 Å². The highest BCUT2D eigenvalue weighted by Gasteiger charge is 2.30. The lowest BCUT2D eigenvalue weighted by Crippen LogP contribution is -2.23. The fraction of sp³-hybridized carbons (Fsp3) is 0.263. The lowest BCUT2D eigenvalue weighted by molar-refractivity contribution is -0.137. The number of nitrogens with one attached hydrogen (secondary N) is 1. The quantitative estimate of drug-likeness (QED) is 0.558. The van der Waals surface area contributed by atoms with Crippen molar-refractivity contribution >= 4 is 23.4 Å². The highest BCUT2D eigenvalue weighted by Crippen LogP contribution is 2.31. The van der Waals surface area contributed by atoms with Gasteiger partial charge in [0.1, 0.15) is 11.4 Å². The molecule has 3 rings (SSSR count). The Morgan fingerprint density at radius 3 is 2.57 bits per heavy atom. The molecule has 1 unspecified atom stereocenters. The Morgan fingerprint density at radius 1 is 1.20 bits per heavy atom. The number of hydrogen-bond donors (Lipinski definition) is 1. The minimum atomic E-state index is -4.43. The average molecular weight is 437 g/mol. The van der Waals surface area contributed by atoms with Crippen molar-refractivity contribution in [1.29, 1.82) is 0 Å². The van der Waals surface area contributed by atoms with Crippen LogP contribution in [0, 0.1) is 0 Å². The highest BCUT2D eigenvalue weighted by molar-refractivity contribution is 8.00. The Morgan fingerprint density at radius 2 is 1.90 bits per heavy atom. The summed E-state index contributed by atoms with van der Waals surface area (Å²) < 4.78 is 45.0. The molecule has 158 valence electrons. The van der Waals surface area contributed by atoms with Crippen molar-refractivity contribution in [3.8, 4) is 11.4 Å². The van der Waals surface area contributed by atoms with Gasteiger partial charge in [-0.1, -0.05) is 23.9 Å². The zero-order valence-corrected chi connectivity index (χ0v) is 16.9. The molecule has 11 heteroatoms. The molecule has 7 nitrogen and oxygen atoms in total. The van der Waals surface area contributed by atoms with Crippen LogP contribution in [0.4, 0.5) is 18.9 Å². The first kappa shape index (κ1) is 21.6. The van der Waals surface area contributed by atoms with Crippen molar-refractivity contribution in [2.75, 3.05) is 11.9 Å². The van der Waals surface area contributed by atoms with Crippen LogP contribution < -0.4 is 10.1 Å². The molecule has 1 N–H and O–H groups in total. The molecule has 1 aromatic heterocycles. The van der Waals surface area contributed by atoms with Gasteiger partial charge in [-0.05, 0) is 60.7 Å². The predicted octanol–water partition coefficient (Wildman–Crippen LogP) is 4.20. The third kappa shape index (κ3) is 5.09. The molecule has 2 aromatic carbocycles. The molecule has 0 aliphatic carbocycles. The summed E-state index contributed by atoms with van der Waals surface area (Å²) in [5.74, 6) is 0.198. The summed E-state index contributed by atoms with van der Waals surface area (Å²) in [4.78, 5) is 12.5. The zero-order valence-electron chi connectivity index (χ0n) is 16.1. The second kappa shape index (κ2) is 9.16. The number of rotatable bonds is 7. The summed E-state index contributed by atoms with van der Waals surface area (Å²) in [5.41, 5.74) is 0.110. The maximum Gasteiger partial charge on any atom is 0.416 e. The molecule has 1 amide bonds. The number of ether oxygens (including phenoxy) is 1. The van der Waals surface area contributed by atoms with Crippen LogP contribution in [0.2, 0.25) is 0 Å². The van der Waals surface area contributed by atoms with Gasteiger partial charge in [0.05, 0.1) is 17.4 Å². The highest BCUT2D eigenvalue weighted by atomic mass is 32.2. The van der Waals surface area contributed by atoms with Crippen LogP contribution in [-0.2, 0) is 11.0 Å². The van der Waals surface area contributed by atoms with Gasteiger partial charge in [0.25, 0.3) is 0 Å². The molecule has 0 radical (unpaired) electrons. The van der Waals surface area contributed by atoms with E-state index < -0.39 is 22.9 Å². The maximum atomic E-state index is 12.7. The topological polar surface area (TPSA) is 81.9 Å². The first-order valence-corrected chi connectivity index (χ1v) is 9.83. The van der Waals surface area contributed by atoms with E-state index in [0.29, 0.717) is 23.2 Å². The van der Waals surface area contributed by atoms with Crippen molar-refractivity contribution in [2.45, 2.75) is 30.4 Å².